The third-order valence-electron chi connectivity index (χ3n) is 3.12. The fraction of sp³-hybridized carbons (Fsp3) is 0.571. The van der Waals surface area contributed by atoms with Crippen molar-refractivity contribution in [3.05, 3.63) is 35.9 Å². The van der Waals surface area contributed by atoms with Gasteiger partial charge in [-0.15, -0.1) is 0 Å². The van der Waals surface area contributed by atoms with Crippen LogP contribution in [0.3, 0.4) is 0 Å². The van der Waals surface area contributed by atoms with Gasteiger partial charge in [0.25, 0.3) is 0 Å². The van der Waals surface area contributed by atoms with Crippen LogP contribution >= 0.6 is 0 Å². The number of aliphatic hydroxyl groups is 1. The summed E-state index contributed by atoms with van der Waals surface area (Å²) >= 11 is 0. The third-order valence-corrected chi connectivity index (χ3v) is 3.12. The second-order valence-corrected chi connectivity index (χ2v) is 4.63. The van der Waals surface area contributed by atoms with E-state index in [1.165, 1.54) is 5.56 Å². The van der Waals surface area contributed by atoms with Gasteiger partial charge in [-0.2, -0.15) is 0 Å². The fourth-order valence-electron chi connectivity index (χ4n) is 2.17. The maximum absolute atomic E-state index is 9.38. The molecule has 1 aliphatic heterocycles. The lowest BCUT2D eigenvalue weighted by atomic mass is 10.2. The highest BCUT2D eigenvalue weighted by atomic mass is 16.5. The number of nitrogens with zero attached hydrogens (tertiary/aromatic N) is 1. The average Bonchev–Trinajstić information content (AvgIpc) is 2.76. The summed E-state index contributed by atoms with van der Waals surface area (Å²) in [6.07, 6.45) is 1.85. The molecule has 0 unspecified atom stereocenters. The number of ether oxygens (including phenoxy) is 1. The normalized spacial score (nSPS) is 20.9. The Kier molecular flexibility index (Phi) is 4.98. The van der Waals surface area contributed by atoms with Crippen LogP contribution in [-0.2, 0) is 11.3 Å². The van der Waals surface area contributed by atoms with Gasteiger partial charge in [0.05, 0.1) is 12.7 Å². The lowest BCUT2D eigenvalue weighted by Crippen LogP contribution is -2.24. The molecule has 1 aliphatic rings. The number of hydrogen-bond donors (Lipinski definition) is 1. The number of β-amino-alcohol motifs (C(OH)–C–C–N with tert-alkyl or cyclic N) is 1. The summed E-state index contributed by atoms with van der Waals surface area (Å²) in [4.78, 5) is 2.30. The molecule has 0 radical (unpaired) electrons. The van der Waals surface area contributed by atoms with Crippen LogP contribution < -0.4 is 0 Å². The largest absolute Gasteiger partial charge is 0.392 e. The summed E-state index contributed by atoms with van der Waals surface area (Å²) in [6, 6.07) is 10.2. The number of likely N-dealkylation sites (tertiary alicyclic amines) is 1. The Bertz CT molecular complexity index is 315. The molecule has 1 aromatic rings. The van der Waals surface area contributed by atoms with Crippen LogP contribution in [0, 0.1) is 0 Å². The Morgan fingerprint density at radius 1 is 1.29 bits per heavy atom. The van der Waals surface area contributed by atoms with E-state index in [4.69, 9.17) is 4.74 Å². The van der Waals surface area contributed by atoms with Gasteiger partial charge in [-0.05, 0) is 18.4 Å². The van der Waals surface area contributed by atoms with E-state index in [0.29, 0.717) is 6.61 Å². The van der Waals surface area contributed by atoms with Gasteiger partial charge in [0.15, 0.2) is 0 Å². The van der Waals surface area contributed by atoms with E-state index in [-0.39, 0.29) is 6.10 Å². The first-order valence-electron chi connectivity index (χ1n) is 6.36. The molecule has 94 valence electrons. The maximum atomic E-state index is 9.38. The molecule has 1 atom stereocenters. The number of aliphatic hydroxyl groups excluding tert-OH is 1. The summed E-state index contributed by atoms with van der Waals surface area (Å²) in [6.45, 7) is 4.38. The second-order valence-electron chi connectivity index (χ2n) is 4.63. The Morgan fingerprint density at radius 3 is 2.82 bits per heavy atom. The highest BCUT2D eigenvalue weighted by molar-refractivity contribution is 5.13. The highest BCUT2D eigenvalue weighted by Crippen LogP contribution is 2.09. The zero-order valence-electron chi connectivity index (χ0n) is 10.2. The van der Waals surface area contributed by atoms with Gasteiger partial charge in [0, 0.05) is 26.2 Å². The average molecular weight is 235 g/mol. The molecule has 1 aromatic carbocycles. The first kappa shape index (κ1) is 12.6. The Labute approximate surface area is 103 Å². The van der Waals surface area contributed by atoms with Crippen LogP contribution in [0.5, 0.6) is 0 Å². The monoisotopic (exact) mass is 235 g/mol. The summed E-state index contributed by atoms with van der Waals surface area (Å²) in [5, 5.41) is 9.38. The second kappa shape index (κ2) is 6.74. The van der Waals surface area contributed by atoms with Crippen molar-refractivity contribution in [1.29, 1.82) is 0 Å². The van der Waals surface area contributed by atoms with Crippen LogP contribution in [0.25, 0.3) is 0 Å². The third kappa shape index (κ3) is 4.46. The molecule has 0 spiro atoms. The molecule has 0 aromatic heterocycles. The van der Waals surface area contributed by atoms with Gasteiger partial charge in [-0.25, -0.2) is 0 Å². The topological polar surface area (TPSA) is 32.7 Å². The molecule has 0 aliphatic carbocycles. The first-order chi connectivity index (χ1) is 8.34. The molecule has 2 rings (SSSR count). The minimum atomic E-state index is -0.111. The Morgan fingerprint density at radius 2 is 2.12 bits per heavy atom. The Balaban J connectivity index is 1.52. The van der Waals surface area contributed by atoms with Crippen LogP contribution in [-0.4, -0.2) is 42.4 Å². The highest BCUT2D eigenvalue weighted by Gasteiger charge is 2.18. The quantitative estimate of drug-likeness (QED) is 0.761. The molecule has 0 bridgehead atoms. The molecule has 3 heteroatoms. The molecule has 3 nitrogen and oxygen atoms in total. The van der Waals surface area contributed by atoms with Crippen LogP contribution in [0.15, 0.2) is 30.3 Å². The SMILES string of the molecule is O[C@@H]1CCN(CCCOCc2ccccc2)C1. The summed E-state index contributed by atoms with van der Waals surface area (Å²) in [5.41, 5.74) is 1.23. The van der Waals surface area contributed by atoms with Crippen molar-refractivity contribution in [3.63, 3.8) is 0 Å². The minimum absolute atomic E-state index is 0.111. The fourth-order valence-corrected chi connectivity index (χ4v) is 2.17. The molecule has 1 fully saturated rings. The number of hydrogen-bond acceptors (Lipinski definition) is 3. The molecular weight excluding hydrogens is 214 g/mol. The van der Waals surface area contributed by atoms with Crippen LogP contribution in [0.2, 0.25) is 0 Å². The molecule has 0 amide bonds. The van der Waals surface area contributed by atoms with Gasteiger partial charge in [-0.3, -0.25) is 0 Å². The molecule has 17 heavy (non-hydrogen) atoms. The van der Waals surface area contributed by atoms with Crippen molar-refractivity contribution in [2.24, 2.45) is 0 Å². The Hall–Kier alpha value is -0.900. The molecular formula is C14H21NO2. The minimum Gasteiger partial charge on any atom is -0.392 e. The smallest absolute Gasteiger partial charge is 0.0716 e. The van der Waals surface area contributed by atoms with E-state index >= 15 is 0 Å². The maximum Gasteiger partial charge on any atom is 0.0716 e. The lowest BCUT2D eigenvalue weighted by molar-refractivity contribution is 0.108. The van der Waals surface area contributed by atoms with E-state index in [1.54, 1.807) is 0 Å². The van der Waals surface area contributed by atoms with E-state index in [0.717, 1.165) is 39.1 Å². The number of rotatable bonds is 6. The van der Waals surface area contributed by atoms with Gasteiger partial charge in [-0.1, -0.05) is 30.3 Å². The van der Waals surface area contributed by atoms with Gasteiger partial charge >= 0.3 is 0 Å². The van der Waals surface area contributed by atoms with E-state index in [9.17, 15) is 5.11 Å². The summed E-state index contributed by atoms with van der Waals surface area (Å²) in [7, 11) is 0. The van der Waals surface area contributed by atoms with E-state index in [1.807, 2.05) is 18.2 Å². The van der Waals surface area contributed by atoms with Gasteiger partial charge in [0.1, 0.15) is 0 Å². The van der Waals surface area contributed by atoms with Crippen LogP contribution in [0.1, 0.15) is 18.4 Å². The van der Waals surface area contributed by atoms with Crippen molar-refractivity contribution in [2.45, 2.75) is 25.6 Å². The molecule has 1 N–H and O–H groups in total. The molecule has 0 saturated carbocycles. The first-order valence-corrected chi connectivity index (χ1v) is 6.36. The standard InChI is InChI=1S/C14H21NO2/c16-14-7-9-15(11-14)8-4-10-17-12-13-5-2-1-3-6-13/h1-3,5-6,14,16H,4,7-12H2/t14-/m1/s1. The van der Waals surface area contributed by atoms with Crippen molar-refractivity contribution >= 4 is 0 Å². The molecule has 1 heterocycles. The zero-order valence-corrected chi connectivity index (χ0v) is 10.2. The van der Waals surface area contributed by atoms with Crippen molar-refractivity contribution in [2.75, 3.05) is 26.2 Å². The van der Waals surface area contributed by atoms with Crippen molar-refractivity contribution in [3.8, 4) is 0 Å². The predicted octanol–water partition coefficient (Wildman–Crippen LogP) is 1.66. The van der Waals surface area contributed by atoms with E-state index < -0.39 is 0 Å². The summed E-state index contributed by atoms with van der Waals surface area (Å²) in [5.74, 6) is 0. The van der Waals surface area contributed by atoms with Gasteiger partial charge < -0.3 is 14.7 Å². The summed E-state index contributed by atoms with van der Waals surface area (Å²) < 4.78 is 5.62. The lowest BCUT2D eigenvalue weighted by Gasteiger charge is -2.14. The number of benzene rings is 1. The molecule has 1 saturated heterocycles. The van der Waals surface area contributed by atoms with Crippen molar-refractivity contribution < 1.29 is 9.84 Å². The van der Waals surface area contributed by atoms with Crippen LogP contribution in [0.4, 0.5) is 0 Å². The van der Waals surface area contributed by atoms with E-state index in [2.05, 4.69) is 17.0 Å². The zero-order chi connectivity index (χ0) is 11.9. The van der Waals surface area contributed by atoms with Crippen molar-refractivity contribution in [1.82, 2.24) is 4.90 Å². The predicted molar refractivity (Wildman–Crippen MR) is 67.8 cm³/mol. The van der Waals surface area contributed by atoms with Gasteiger partial charge in [0.2, 0.25) is 0 Å².